The summed E-state index contributed by atoms with van der Waals surface area (Å²) in [4.78, 5) is 11.9. The second-order valence-corrected chi connectivity index (χ2v) is 4.23. The second kappa shape index (κ2) is 4.96. The van der Waals surface area contributed by atoms with E-state index in [1.165, 1.54) is 4.68 Å². The highest BCUT2D eigenvalue weighted by Gasteiger charge is 2.09. The lowest BCUT2D eigenvalue weighted by Crippen LogP contribution is -2.12. The molecule has 0 bridgehead atoms. The van der Waals surface area contributed by atoms with Gasteiger partial charge in [0.2, 0.25) is 0 Å². The van der Waals surface area contributed by atoms with Gasteiger partial charge in [0.25, 0.3) is 5.91 Å². The fourth-order valence-corrected chi connectivity index (χ4v) is 1.77. The molecule has 2 aromatic heterocycles. The van der Waals surface area contributed by atoms with Gasteiger partial charge < -0.3 is 5.32 Å². The van der Waals surface area contributed by atoms with Gasteiger partial charge in [0.15, 0.2) is 5.69 Å². The maximum absolute atomic E-state index is 11.9. The first-order chi connectivity index (χ1) is 9.72. The van der Waals surface area contributed by atoms with E-state index in [9.17, 15) is 4.79 Å². The van der Waals surface area contributed by atoms with Crippen molar-refractivity contribution in [3.8, 4) is 5.69 Å². The number of rotatable bonds is 3. The van der Waals surface area contributed by atoms with Crippen LogP contribution in [0.2, 0.25) is 0 Å². The number of nitrogens with one attached hydrogen (secondary N) is 1. The Balaban J connectivity index is 1.74. The largest absolute Gasteiger partial charge is 0.321 e. The van der Waals surface area contributed by atoms with Crippen LogP contribution < -0.4 is 5.32 Å². The smallest absolute Gasteiger partial charge is 0.277 e. The third kappa shape index (κ3) is 2.41. The van der Waals surface area contributed by atoms with Gasteiger partial charge in [-0.15, -0.1) is 5.10 Å². The Morgan fingerprint density at radius 2 is 2.05 bits per heavy atom. The summed E-state index contributed by atoms with van der Waals surface area (Å²) in [6, 6.07) is 9.22. The number of hydrogen-bond donors (Lipinski definition) is 1. The number of hydrogen-bond acceptors (Lipinski definition) is 4. The monoisotopic (exact) mass is 268 g/mol. The Morgan fingerprint density at radius 1 is 1.25 bits per heavy atom. The van der Waals surface area contributed by atoms with E-state index in [1.54, 1.807) is 24.1 Å². The summed E-state index contributed by atoms with van der Waals surface area (Å²) >= 11 is 0. The number of aromatic nitrogens is 5. The van der Waals surface area contributed by atoms with E-state index in [-0.39, 0.29) is 11.6 Å². The van der Waals surface area contributed by atoms with E-state index in [0.717, 1.165) is 5.69 Å². The first-order valence-corrected chi connectivity index (χ1v) is 6.00. The number of aryl methyl sites for hydroxylation is 1. The van der Waals surface area contributed by atoms with Crippen LogP contribution in [0.15, 0.2) is 48.9 Å². The molecule has 1 N–H and O–H groups in total. The lowest BCUT2D eigenvalue weighted by Gasteiger charge is -2.05. The Morgan fingerprint density at radius 3 is 2.65 bits per heavy atom. The Bertz CT molecular complexity index is 714. The molecule has 0 saturated carbocycles. The van der Waals surface area contributed by atoms with Crippen LogP contribution >= 0.6 is 0 Å². The van der Waals surface area contributed by atoms with Gasteiger partial charge in [0, 0.05) is 25.1 Å². The van der Waals surface area contributed by atoms with E-state index in [4.69, 9.17) is 0 Å². The SMILES string of the molecule is Cn1cc(C(=O)Nc2ccc(-n3cccn3)cc2)nn1. The van der Waals surface area contributed by atoms with Crippen molar-refractivity contribution in [2.75, 3.05) is 5.32 Å². The van der Waals surface area contributed by atoms with Crippen molar-refractivity contribution in [2.24, 2.45) is 7.05 Å². The van der Waals surface area contributed by atoms with E-state index >= 15 is 0 Å². The number of benzene rings is 1. The topological polar surface area (TPSA) is 77.6 Å². The van der Waals surface area contributed by atoms with Crippen molar-refractivity contribution in [1.29, 1.82) is 0 Å². The highest BCUT2D eigenvalue weighted by atomic mass is 16.2. The molecule has 0 aliphatic rings. The lowest BCUT2D eigenvalue weighted by molar-refractivity contribution is 0.102. The normalized spacial score (nSPS) is 10.4. The van der Waals surface area contributed by atoms with Gasteiger partial charge in [-0.05, 0) is 30.3 Å². The average molecular weight is 268 g/mol. The minimum Gasteiger partial charge on any atom is -0.321 e. The molecule has 2 heterocycles. The van der Waals surface area contributed by atoms with Gasteiger partial charge in [0.1, 0.15) is 0 Å². The molecule has 3 aromatic rings. The van der Waals surface area contributed by atoms with Gasteiger partial charge >= 0.3 is 0 Å². The highest BCUT2D eigenvalue weighted by molar-refractivity contribution is 6.02. The van der Waals surface area contributed by atoms with E-state index in [2.05, 4.69) is 20.7 Å². The van der Waals surface area contributed by atoms with Crippen molar-refractivity contribution in [3.63, 3.8) is 0 Å². The number of anilines is 1. The summed E-state index contributed by atoms with van der Waals surface area (Å²) in [6.07, 6.45) is 5.13. The molecule has 0 aliphatic heterocycles. The molecule has 100 valence electrons. The van der Waals surface area contributed by atoms with Crippen LogP contribution in [0.1, 0.15) is 10.5 Å². The molecule has 0 atom stereocenters. The summed E-state index contributed by atoms with van der Waals surface area (Å²) in [5.74, 6) is -0.287. The summed E-state index contributed by atoms with van der Waals surface area (Å²) < 4.78 is 3.23. The molecule has 7 heteroatoms. The Hall–Kier alpha value is -2.96. The highest BCUT2D eigenvalue weighted by Crippen LogP contribution is 2.13. The molecule has 0 saturated heterocycles. The van der Waals surface area contributed by atoms with Crippen molar-refractivity contribution in [3.05, 3.63) is 54.6 Å². The maximum atomic E-state index is 11.9. The van der Waals surface area contributed by atoms with Gasteiger partial charge in [0.05, 0.1) is 11.9 Å². The third-order valence-corrected chi connectivity index (χ3v) is 2.73. The molecule has 7 nitrogen and oxygen atoms in total. The summed E-state index contributed by atoms with van der Waals surface area (Å²) in [5, 5.41) is 14.4. The zero-order valence-corrected chi connectivity index (χ0v) is 10.8. The molecule has 0 aliphatic carbocycles. The summed E-state index contributed by atoms with van der Waals surface area (Å²) in [6.45, 7) is 0. The minimum absolute atomic E-state index is 0.281. The summed E-state index contributed by atoms with van der Waals surface area (Å²) in [5.41, 5.74) is 1.90. The van der Waals surface area contributed by atoms with Crippen LogP contribution in [0.5, 0.6) is 0 Å². The fourth-order valence-electron chi connectivity index (χ4n) is 1.77. The van der Waals surface area contributed by atoms with Crippen LogP contribution in [0.3, 0.4) is 0 Å². The van der Waals surface area contributed by atoms with Crippen molar-refractivity contribution >= 4 is 11.6 Å². The maximum Gasteiger partial charge on any atom is 0.277 e. The van der Waals surface area contributed by atoms with E-state index in [1.807, 2.05) is 36.5 Å². The van der Waals surface area contributed by atoms with E-state index in [0.29, 0.717) is 5.69 Å². The molecule has 1 aromatic carbocycles. The molecule has 0 spiro atoms. The zero-order chi connectivity index (χ0) is 13.9. The standard InChI is InChI=1S/C13H12N6O/c1-18-9-12(16-17-18)13(20)15-10-3-5-11(6-4-10)19-8-2-7-14-19/h2-9H,1H3,(H,15,20). The van der Waals surface area contributed by atoms with Crippen LogP contribution in [-0.4, -0.2) is 30.7 Å². The second-order valence-electron chi connectivity index (χ2n) is 4.23. The predicted octanol–water partition coefficient (Wildman–Crippen LogP) is 1.25. The Labute approximate surface area is 114 Å². The van der Waals surface area contributed by atoms with Crippen LogP contribution in [0, 0.1) is 0 Å². The zero-order valence-electron chi connectivity index (χ0n) is 10.8. The molecule has 20 heavy (non-hydrogen) atoms. The fraction of sp³-hybridized carbons (Fsp3) is 0.0769. The van der Waals surface area contributed by atoms with Gasteiger partial charge in [-0.1, -0.05) is 5.21 Å². The molecule has 3 rings (SSSR count). The summed E-state index contributed by atoms with van der Waals surface area (Å²) in [7, 11) is 1.71. The van der Waals surface area contributed by atoms with Crippen molar-refractivity contribution in [1.82, 2.24) is 24.8 Å². The molecule has 0 unspecified atom stereocenters. The predicted molar refractivity (Wildman–Crippen MR) is 72.5 cm³/mol. The van der Waals surface area contributed by atoms with Crippen LogP contribution in [0.4, 0.5) is 5.69 Å². The molecular formula is C13H12N6O. The van der Waals surface area contributed by atoms with Crippen LogP contribution in [-0.2, 0) is 7.05 Å². The van der Waals surface area contributed by atoms with Crippen LogP contribution in [0.25, 0.3) is 5.69 Å². The minimum atomic E-state index is -0.287. The quantitative estimate of drug-likeness (QED) is 0.775. The number of nitrogens with zero attached hydrogens (tertiary/aromatic N) is 5. The number of carbonyl (C=O) groups excluding carboxylic acids is 1. The van der Waals surface area contributed by atoms with Crippen molar-refractivity contribution < 1.29 is 4.79 Å². The molecule has 0 radical (unpaired) electrons. The molecular weight excluding hydrogens is 256 g/mol. The molecule has 0 fully saturated rings. The first kappa shape index (κ1) is 12.1. The molecule has 1 amide bonds. The first-order valence-electron chi connectivity index (χ1n) is 6.00. The van der Waals surface area contributed by atoms with Gasteiger partial charge in [-0.25, -0.2) is 4.68 Å². The Kier molecular flexibility index (Phi) is 3.00. The van der Waals surface area contributed by atoms with Gasteiger partial charge in [-0.2, -0.15) is 5.10 Å². The average Bonchev–Trinajstić information content (AvgIpc) is 3.10. The third-order valence-electron chi connectivity index (χ3n) is 2.73. The lowest BCUT2D eigenvalue weighted by atomic mass is 10.2. The van der Waals surface area contributed by atoms with E-state index < -0.39 is 0 Å². The number of amides is 1. The van der Waals surface area contributed by atoms with Crippen molar-refractivity contribution in [2.45, 2.75) is 0 Å². The number of carbonyl (C=O) groups is 1. The van der Waals surface area contributed by atoms with Gasteiger partial charge in [-0.3, -0.25) is 9.48 Å².